The molecule has 2 aliphatic heterocycles. The summed E-state index contributed by atoms with van der Waals surface area (Å²) in [5.74, 6) is 1.41. The Bertz CT molecular complexity index is 1540. The highest BCUT2D eigenvalue weighted by molar-refractivity contribution is 6.09. The van der Waals surface area contributed by atoms with E-state index in [-0.39, 0.29) is 24.0 Å². The van der Waals surface area contributed by atoms with Crippen LogP contribution in [0.15, 0.2) is 35.4 Å². The number of anilines is 1. The zero-order chi connectivity index (χ0) is 24.8. The van der Waals surface area contributed by atoms with E-state index in [0.717, 1.165) is 41.0 Å². The number of pyridine rings is 1. The van der Waals surface area contributed by atoms with Crippen LogP contribution in [-0.4, -0.2) is 59.2 Å². The molecule has 2 aliphatic rings. The maximum absolute atomic E-state index is 13.8. The second-order valence-electron chi connectivity index (χ2n) is 9.20. The average molecular weight is 490 g/mol. The molecule has 1 aromatic carbocycles. The number of aromatic amines is 1. The lowest BCUT2D eigenvalue weighted by molar-refractivity contribution is 0.0835. The lowest BCUT2D eigenvalue weighted by atomic mass is 9.99. The largest absolute Gasteiger partial charge is 0.481 e. The Morgan fingerprint density at radius 1 is 1.14 bits per heavy atom. The Balaban J connectivity index is 1.49. The van der Waals surface area contributed by atoms with E-state index in [1.807, 2.05) is 16.5 Å². The SMILES string of the molecule is COCc1cc2c(cc1C(=O)N1CCc3cc(OC)ncc31)[nH]c(=O)c1cnc(C3CCOCC3)n12. The van der Waals surface area contributed by atoms with Gasteiger partial charge in [-0.3, -0.25) is 14.0 Å². The Morgan fingerprint density at radius 2 is 1.97 bits per heavy atom. The number of fused-ring (bicyclic) bond motifs is 4. The molecule has 1 saturated heterocycles. The van der Waals surface area contributed by atoms with Crippen LogP contribution in [0.2, 0.25) is 0 Å². The van der Waals surface area contributed by atoms with Crippen molar-refractivity contribution < 1.29 is 19.0 Å². The lowest BCUT2D eigenvalue weighted by Crippen LogP contribution is -2.30. The van der Waals surface area contributed by atoms with E-state index in [1.165, 1.54) is 0 Å². The van der Waals surface area contributed by atoms with E-state index >= 15 is 0 Å². The van der Waals surface area contributed by atoms with Gasteiger partial charge in [0.1, 0.15) is 11.3 Å². The molecule has 186 valence electrons. The first-order valence-corrected chi connectivity index (χ1v) is 12.1. The summed E-state index contributed by atoms with van der Waals surface area (Å²) in [6.07, 6.45) is 5.71. The number of carbonyl (C=O) groups is 1. The number of ether oxygens (including phenoxy) is 3. The Morgan fingerprint density at radius 3 is 2.75 bits per heavy atom. The molecule has 1 amide bonds. The first-order valence-electron chi connectivity index (χ1n) is 12.1. The number of carbonyl (C=O) groups excluding carboxylic acids is 1. The smallest absolute Gasteiger partial charge is 0.274 e. The minimum atomic E-state index is -0.242. The van der Waals surface area contributed by atoms with Crippen molar-refractivity contribution in [2.24, 2.45) is 0 Å². The molecule has 10 heteroatoms. The normalized spacial score (nSPS) is 16.1. The van der Waals surface area contributed by atoms with E-state index in [9.17, 15) is 9.59 Å². The number of imidazole rings is 1. The Labute approximate surface area is 206 Å². The fraction of sp³-hybridized carbons (Fsp3) is 0.385. The summed E-state index contributed by atoms with van der Waals surface area (Å²) < 4.78 is 18.2. The van der Waals surface area contributed by atoms with Crippen molar-refractivity contribution >= 4 is 28.1 Å². The van der Waals surface area contributed by atoms with E-state index in [4.69, 9.17) is 14.2 Å². The quantitative estimate of drug-likeness (QED) is 0.459. The summed E-state index contributed by atoms with van der Waals surface area (Å²) in [7, 11) is 3.18. The van der Waals surface area contributed by atoms with Gasteiger partial charge in [-0.25, -0.2) is 9.97 Å². The first kappa shape index (κ1) is 22.7. The van der Waals surface area contributed by atoms with Crippen LogP contribution in [0.5, 0.6) is 5.88 Å². The highest BCUT2D eigenvalue weighted by Crippen LogP contribution is 2.33. The van der Waals surface area contributed by atoms with Gasteiger partial charge in [0, 0.05) is 44.4 Å². The number of nitrogens with zero attached hydrogens (tertiary/aromatic N) is 4. The van der Waals surface area contributed by atoms with Gasteiger partial charge in [0.15, 0.2) is 0 Å². The summed E-state index contributed by atoms with van der Waals surface area (Å²) in [5.41, 5.74) is 4.62. The van der Waals surface area contributed by atoms with Crippen LogP contribution in [0.1, 0.15) is 46.1 Å². The fourth-order valence-electron chi connectivity index (χ4n) is 5.33. The molecule has 0 spiro atoms. The van der Waals surface area contributed by atoms with Crippen molar-refractivity contribution in [1.29, 1.82) is 0 Å². The molecule has 5 heterocycles. The molecular formula is C26H27N5O5. The van der Waals surface area contributed by atoms with Crippen LogP contribution in [0.4, 0.5) is 5.69 Å². The minimum absolute atomic E-state index is 0.161. The molecule has 10 nitrogen and oxygen atoms in total. The molecule has 0 atom stereocenters. The van der Waals surface area contributed by atoms with E-state index in [0.29, 0.717) is 48.7 Å². The van der Waals surface area contributed by atoms with Crippen LogP contribution in [0.25, 0.3) is 16.6 Å². The predicted octanol–water partition coefficient (Wildman–Crippen LogP) is 2.82. The summed E-state index contributed by atoms with van der Waals surface area (Å²) in [5, 5.41) is 0. The number of amides is 1. The second kappa shape index (κ2) is 9.03. The highest BCUT2D eigenvalue weighted by atomic mass is 16.5. The third-order valence-corrected chi connectivity index (χ3v) is 7.14. The van der Waals surface area contributed by atoms with E-state index in [2.05, 4.69) is 15.0 Å². The van der Waals surface area contributed by atoms with Crippen molar-refractivity contribution in [2.75, 3.05) is 38.9 Å². The van der Waals surface area contributed by atoms with E-state index in [1.54, 1.807) is 37.6 Å². The summed E-state index contributed by atoms with van der Waals surface area (Å²) in [6.45, 7) is 2.14. The molecule has 36 heavy (non-hydrogen) atoms. The van der Waals surface area contributed by atoms with Crippen LogP contribution >= 0.6 is 0 Å². The number of hydrogen-bond donors (Lipinski definition) is 1. The molecule has 0 saturated carbocycles. The van der Waals surface area contributed by atoms with Crippen LogP contribution < -0.4 is 15.2 Å². The van der Waals surface area contributed by atoms with Gasteiger partial charge < -0.3 is 24.1 Å². The van der Waals surface area contributed by atoms with Crippen molar-refractivity contribution in [3.8, 4) is 5.88 Å². The highest BCUT2D eigenvalue weighted by Gasteiger charge is 2.29. The van der Waals surface area contributed by atoms with Crippen molar-refractivity contribution in [3.05, 3.63) is 63.5 Å². The van der Waals surface area contributed by atoms with Gasteiger partial charge in [-0.15, -0.1) is 0 Å². The van der Waals surface area contributed by atoms with Crippen LogP contribution in [0.3, 0.4) is 0 Å². The monoisotopic (exact) mass is 489 g/mol. The third-order valence-electron chi connectivity index (χ3n) is 7.14. The lowest BCUT2D eigenvalue weighted by Gasteiger charge is -2.22. The number of benzene rings is 1. The summed E-state index contributed by atoms with van der Waals surface area (Å²) in [6, 6.07) is 5.56. The third kappa shape index (κ3) is 3.64. The molecular weight excluding hydrogens is 462 g/mol. The first-order chi connectivity index (χ1) is 17.6. The van der Waals surface area contributed by atoms with Gasteiger partial charge in [0.25, 0.3) is 11.5 Å². The van der Waals surface area contributed by atoms with E-state index < -0.39 is 0 Å². The number of H-pyrrole nitrogens is 1. The Kier molecular flexibility index (Phi) is 5.69. The van der Waals surface area contributed by atoms with Crippen LogP contribution in [-0.2, 0) is 22.5 Å². The number of hydrogen-bond acceptors (Lipinski definition) is 7. The van der Waals surface area contributed by atoms with Crippen molar-refractivity contribution in [2.45, 2.75) is 31.8 Å². The number of nitrogens with one attached hydrogen (secondary N) is 1. The molecule has 0 aliphatic carbocycles. The van der Waals surface area contributed by atoms with Crippen LogP contribution in [0, 0.1) is 0 Å². The number of rotatable bonds is 5. The number of aromatic nitrogens is 4. The zero-order valence-corrected chi connectivity index (χ0v) is 20.2. The maximum atomic E-state index is 13.8. The molecule has 6 rings (SSSR count). The topological polar surface area (TPSA) is 111 Å². The molecule has 4 aromatic rings. The number of methoxy groups -OCH3 is 2. The van der Waals surface area contributed by atoms with Gasteiger partial charge >= 0.3 is 0 Å². The molecule has 0 radical (unpaired) electrons. The predicted molar refractivity (Wildman–Crippen MR) is 133 cm³/mol. The van der Waals surface area contributed by atoms with Gasteiger partial charge in [0.05, 0.1) is 42.8 Å². The molecule has 1 N–H and O–H groups in total. The van der Waals surface area contributed by atoms with Crippen molar-refractivity contribution in [3.63, 3.8) is 0 Å². The van der Waals surface area contributed by atoms with Crippen molar-refractivity contribution in [1.82, 2.24) is 19.4 Å². The fourth-order valence-corrected chi connectivity index (χ4v) is 5.33. The molecule has 3 aromatic heterocycles. The summed E-state index contributed by atoms with van der Waals surface area (Å²) >= 11 is 0. The second-order valence-corrected chi connectivity index (χ2v) is 9.20. The molecule has 0 unspecified atom stereocenters. The average Bonchev–Trinajstić information content (AvgIpc) is 3.54. The van der Waals surface area contributed by atoms with Gasteiger partial charge in [-0.2, -0.15) is 0 Å². The minimum Gasteiger partial charge on any atom is -0.481 e. The zero-order valence-electron chi connectivity index (χ0n) is 20.2. The van der Waals surface area contributed by atoms with Gasteiger partial charge in [0.2, 0.25) is 5.88 Å². The van der Waals surface area contributed by atoms with Gasteiger partial charge in [-0.1, -0.05) is 0 Å². The Hall–Kier alpha value is -3.76. The standard InChI is InChI=1S/C26H27N5O5/c1-34-14-17-9-20-19(29-25(32)22-13-28-24(31(20)22)15-4-7-36-8-5-15)11-18(17)26(33)30-6-3-16-10-23(35-2)27-12-21(16)30/h9-13,15H,3-8,14H2,1-2H3,(H,29,32). The summed E-state index contributed by atoms with van der Waals surface area (Å²) in [4.78, 5) is 40.4. The molecule has 1 fully saturated rings. The maximum Gasteiger partial charge on any atom is 0.274 e. The molecule has 0 bridgehead atoms. The van der Waals surface area contributed by atoms with Gasteiger partial charge in [-0.05, 0) is 42.5 Å².